The second-order valence-electron chi connectivity index (χ2n) is 12.3. The molecule has 0 bridgehead atoms. The smallest absolute Gasteiger partial charge is 0.744 e. The van der Waals surface area contributed by atoms with Gasteiger partial charge in [0.2, 0.25) is 11.9 Å². The van der Waals surface area contributed by atoms with E-state index in [1.54, 1.807) is 48.5 Å². The van der Waals surface area contributed by atoms with Gasteiger partial charge in [0.05, 0.1) is 9.79 Å². The second kappa shape index (κ2) is 21.0. The van der Waals surface area contributed by atoms with Crippen molar-refractivity contribution in [1.82, 2.24) is 29.9 Å². The maximum absolute atomic E-state index is 11.1. The van der Waals surface area contributed by atoms with Crippen molar-refractivity contribution in [3.63, 3.8) is 0 Å². The van der Waals surface area contributed by atoms with Gasteiger partial charge >= 0.3 is 47.1 Å². The molecule has 0 aliphatic heterocycles. The molecule has 18 nitrogen and oxygen atoms in total. The maximum atomic E-state index is 11.1. The molecule has 0 atom stereocenters. The Morgan fingerprint density at radius 2 is 0.587 bits per heavy atom. The van der Waals surface area contributed by atoms with Crippen molar-refractivity contribution in [2.45, 2.75) is 9.79 Å². The van der Waals surface area contributed by atoms with Gasteiger partial charge in [0, 0.05) is 11.4 Å². The predicted molar refractivity (Wildman–Crippen MR) is 227 cm³/mol. The summed E-state index contributed by atoms with van der Waals surface area (Å²) in [6, 6.07) is 46.3. The number of nitrogens with one attached hydrogen (secondary N) is 2. The SMILES string of the molecule is O=S(=O)([O-])c1ccc(Nc2nc(Oc3ccccc3)nc(Oc3ccccc3)n2)cc1.O=S(=O)([O-])c1ccc(Nc2nc(Oc3ccccc3)nc(Oc3ccccc3)n2)cc1.[Mg+2]. The molecule has 312 valence electrons. The molecule has 2 N–H and O–H groups in total. The molecule has 8 aromatic rings. The van der Waals surface area contributed by atoms with Crippen LogP contribution in [0, 0.1) is 0 Å². The van der Waals surface area contributed by atoms with Gasteiger partial charge in [-0.3, -0.25) is 0 Å². The van der Waals surface area contributed by atoms with E-state index in [0.717, 1.165) is 0 Å². The first-order chi connectivity index (χ1) is 29.9. The Kier molecular flexibility index (Phi) is 15.1. The van der Waals surface area contributed by atoms with Crippen molar-refractivity contribution in [3.8, 4) is 47.0 Å². The summed E-state index contributed by atoms with van der Waals surface area (Å²) in [6.45, 7) is 0. The fourth-order valence-electron chi connectivity index (χ4n) is 5.01. The zero-order valence-electron chi connectivity index (χ0n) is 32.5. The van der Waals surface area contributed by atoms with E-state index < -0.39 is 20.2 Å². The Morgan fingerprint density at radius 1 is 0.349 bits per heavy atom. The van der Waals surface area contributed by atoms with Crippen LogP contribution < -0.4 is 29.6 Å². The summed E-state index contributed by atoms with van der Waals surface area (Å²) < 4.78 is 89.4. The molecule has 0 fully saturated rings. The normalized spacial score (nSPS) is 10.8. The van der Waals surface area contributed by atoms with E-state index in [-0.39, 0.29) is 68.8 Å². The Bertz CT molecular complexity index is 2630. The number of para-hydroxylation sites is 4. The fourth-order valence-corrected chi connectivity index (χ4v) is 5.95. The van der Waals surface area contributed by atoms with E-state index in [4.69, 9.17) is 18.9 Å². The van der Waals surface area contributed by atoms with Crippen LogP contribution in [0.15, 0.2) is 180 Å². The third kappa shape index (κ3) is 13.9. The Hall–Kier alpha value is -7.27. The first kappa shape index (κ1) is 45.3. The minimum absolute atomic E-state index is 0. The van der Waals surface area contributed by atoms with E-state index in [1.807, 2.05) is 72.8 Å². The van der Waals surface area contributed by atoms with Gasteiger partial charge in [-0.25, -0.2) is 16.8 Å². The van der Waals surface area contributed by atoms with Crippen molar-refractivity contribution in [2.75, 3.05) is 10.6 Å². The molecule has 0 unspecified atom stereocenters. The molecule has 2 heterocycles. The molecule has 0 saturated carbocycles. The third-order valence-corrected chi connectivity index (χ3v) is 9.50. The summed E-state index contributed by atoms with van der Waals surface area (Å²) in [5.41, 5.74) is 0.907. The summed E-state index contributed by atoms with van der Waals surface area (Å²) in [5, 5.41) is 5.83. The number of hydrogen-bond donors (Lipinski definition) is 2. The average molecular weight is 895 g/mol. The molecule has 0 amide bonds. The number of anilines is 4. The molecular formula is C42H30MgN8O10S2. The van der Waals surface area contributed by atoms with E-state index in [2.05, 4.69) is 40.5 Å². The molecular weight excluding hydrogens is 865 g/mol. The van der Waals surface area contributed by atoms with Gasteiger partial charge < -0.3 is 38.7 Å². The van der Waals surface area contributed by atoms with Gasteiger partial charge in [0.1, 0.15) is 43.2 Å². The molecule has 6 aromatic carbocycles. The number of ether oxygens (including phenoxy) is 4. The average Bonchev–Trinajstić information content (AvgIpc) is 3.25. The molecule has 63 heavy (non-hydrogen) atoms. The summed E-state index contributed by atoms with van der Waals surface area (Å²) >= 11 is 0. The zero-order valence-corrected chi connectivity index (χ0v) is 35.5. The van der Waals surface area contributed by atoms with Crippen LogP contribution in [0.3, 0.4) is 0 Å². The molecule has 0 spiro atoms. The Morgan fingerprint density at radius 3 is 0.810 bits per heavy atom. The van der Waals surface area contributed by atoms with Gasteiger partial charge in [-0.05, 0) is 97.1 Å². The largest absolute Gasteiger partial charge is 2.00 e. The third-order valence-electron chi connectivity index (χ3n) is 7.80. The quantitative estimate of drug-likeness (QED) is 0.0779. The predicted octanol–water partition coefficient (Wildman–Crippen LogP) is 7.83. The summed E-state index contributed by atoms with van der Waals surface area (Å²) in [6.07, 6.45) is 0. The van der Waals surface area contributed by atoms with Crippen LogP contribution >= 0.6 is 0 Å². The summed E-state index contributed by atoms with van der Waals surface area (Å²) in [4.78, 5) is 24.6. The minimum atomic E-state index is -4.53. The maximum Gasteiger partial charge on any atom is 2.00 e. The van der Waals surface area contributed by atoms with Crippen molar-refractivity contribution in [2.24, 2.45) is 0 Å². The van der Waals surface area contributed by atoms with Gasteiger partial charge in [-0.1, -0.05) is 72.8 Å². The van der Waals surface area contributed by atoms with Crippen LogP contribution in [0.4, 0.5) is 23.3 Å². The fraction of sp³-hybridized carbons (Fsp3) is 0. The molecule has 0 aliphatic carbocycles. The summed E-state index contributed by atoms with van der Waals surface area (Å²) in [7, 11) is -9.07. The first-order valence-corrected chi connectivity index (χ1v) is 20.8. The summed E-state index contributed by atoms with van der Waals surface area (Å²) in [5.74, 6) is 2.30. The van der Waals surface area contributed by atoms with Crippen LogP contribution in [0.1, 0.15) is 0 Å². The number of aromatic nitrogens is 6. The first-order valence-electron chi connectivity index (χ1n) is 18.0. The van der Waals surface area contributed by atoms with Crippen LogP contribution in [0.2, 0.25) is 0 Å². The molecule has 8 rings (SSSR count). The minimum Gasteiger partial charge on any atom is -0.744 e. The standard InChI is InChI=1S/2C21H16N4O5S.Mg/c2*26-31(27,28)18-13-11-15(12-14-18)22-19-23-20(29-16-7-3-1-4-8-16)25-21(24-19)30-17-9-5-2-6-10-17;/h2*1-14H,(H,26,27,28)(H,22,23,24,25);/q;;+2/p-2. The van der Waals surface area contributed by atoms with Crippen molar-refractivity contribution in [3.05, 3.63) is 170 Å². The number of nitrogens with zero attached hydrogens (tertiary/aromatic N) is 6. The molecule has 0 radical (unpaired) electrons. The number of hydrogen-bond acceptors (Lipinski definition) is 18. The van der Waals surface area contributed by atoms with Crippen molar-refractivity contribution >= 4 is 66.6 Å². The second-order valence-corrected chi connectivity index (χ2v) is 15.1. The Labute approximate surface area is 376 Å². The monoisotopic (exact) mass is 894 g/mol. The molecule has 2 aromatic heterocycles. The molecule has 21 heteroatoms. The van der Waals surface area contributed by atoms with Crippen LogP contribution in [-0.2, 0) is 20.2 Å². The zero-order chi connectivity index (χ0) is 43.4. The van der Waals surface area contributed by atoms with E-state index in [0.29, 0.717) is 34.4 Å². The van der Waals surface area contributed by atoms with E-state index >= 15 is 0 Å². The number of rotatable bonds is 14. The molecule has 0 aliphatic rings. The number of benzene rings is 6. The van der Waals surface area contributed by atoms with Crippen LogP contribution in [0.5, 0.6) is 47.0 Å². The van der Waals surface area contributed by atoms with E-state index in [1.165, 1.54) is 48.5 Å². The van der Waals surface area contributed by atoms with Gasteiger partial charge in [-0.15, -0.1) is 9.97 Å². The van der Waals surface area contributed by atoms with Crippen molar-refractivity contribution in [1.29, 1.82) is 0 Å². The van der Waals surface area contributed by atoms with Gasteiger partial charge in [0.25, 0.3) is 0 Å². The molecule has 0 saturated heterocycles. The van der Waals surface area contributed by atoms with E-state index in [9.17, 15) is 25.9 Å². The van der Waals surface area contributed by atoms with Crippen LogP contribution in [0.25, 0.3) is 0 Å². The van der Waals surface area contributed by atoms with Crippen LogP contribution in [-0.4, -0.2) is 78.9 Å². The van der Waals surface area contributed by atoms with Crippen molar-refractivity contribution < 1.29 is 44.9 Å². The topological polar surface area (TPSA) is 253 Å². The van der Waals surface area contributed by atoms with Gasteiger partial charge in [-0.2, -0.15) is 19.9 Å². The Balaban J connectivity index is 0.000000206. The van der Waals surface area contributed by atoms with Gasteiger partial charge in [0.15, 0.2) is 0 Å².